The van der Waals surface area contributed by atoms with Gasteiger partial charge in [-0.1, -0.05) is 36.4 Å². The Bertz CT molecular complexity index is 1660. The summed E-state index contributed by atoms with van der Waals surface area (Å²) in [5, 5.41) is 0. The number of carbonyl (C=O) groups excluding carboxylic acids is 3. The second kappa shape index (κ2) is 13.1. The summed E-state index contributed by atoms with van der Waals surface area (Å²) in [6, 6.07) is 20.9. The van der Waals surface area contributed by atoms with E-state index in [2.05, 4.69) is 14.2 Å². The van der Waals surface area contributed by atoms with Crippen molar-refractivity contribution < 1.29 is 55.8 Å². The van der Waals surface area contributed by atoms with Gasteiger partial charge in [-0.15, -0.1) is 0 Å². The lowest BCUT2D eigenvalue weighted by Gasteiger charge is -2.21. The van der Waals surface area contributed by atoms with Crippen LogP contribution in [0.25, 0.3) is 33.4 Å². The highest BCUT2D eigenvalue weighted by Crippen LogP contribution is 2.41. The molecule has 0 spiro atoms. The highest BCUT2D eigenvalue weighted by molar-refractivity contribution is 7.86. The Morgan fingerprint density at radius 3 is 1.09 bits per heavy atom. The Hall–Kier alpha value is -5.40. The van der Waals surface area contributed by atoms with Crippen LogP contribution in [-0.4, -0.2) is 52.8 Å². The highest BCUT2D eigenvalue weighted by atomic mass is 32.2. The fourth-order valence-electron chi connectivity index (χ4n) is 4.03. The molecule has 0 aliphatic carbocycles. The minimum absolute atomic E-state index is 0.0666. The number of hydrogen-bond donors (Lipinski definition) is 0. The monoisotopic (exact) mass is 607 g/mol. The second-order valence-electron chi connectivity index (χ2n) is 8.60. The lowest BCUT2D eigenvalue weighted by Crippen LogP contribution is -2.08. The van der Waals surface area contributed by atoms with Crippen LogP contribution in [0.3, 0.4) is 0 Å². The predicted octanol–water partition coefficient (Wildman–Crippen LogP) is 6.03. The smallest absolute Gasteiger partial charge is 0.513 e. The van der Waals surface area contributed by atoms with Gasteiger partial charge >= 0.3 is 18.5 Å². The topological polar surface area (TPSA) is 164 Å². The molecule has 0 radical (unpaired) electrons. The summed E-state index contributed by atoms with van der Waals surface area (Å²) in [7, 11) is -1.61. The summed E-state index contributed by atoms with van der Waals surface area (Å²) in [6.07, 6.45) is -2.79. The van der Waals surface area contributed by atoms with Crippen LogP contribution < -0.4 is 14.2 Å². The molecule has 12 nitrogen and oxygen atoms in total. The van der Waals surface area contributed by atoms with Gasteiger partial charge in [0.1, 0.15) is 27.4 Å². The highest BCUT2D eigenvalue weighted by Gasteiger charge is 2.21. The molecule has 0 saturated heterocycles. The molecule has 0 amide bonds. The SMILES string of the molecule is COC(=O)Oc1ccc(-c2cc(-c3ccc(OC(=O)OC)cc3)c(S(=O)(=O)[O-])c(-c3ccc(OC(=O)OC)cc3)c2)cc1. The maximum absolute atomic E-state index is 12.8. The van der Waals surface area contributed by atoms with Crippen molar-refractivity contribution in [1.29, 1.82) is 0 Å². The largest absolute Gasteiger partial charge is 0.744 e. The van der Waals surface area contributed by atoms with E-state index in [0.717, 1.165) is 14.2 Å². The predicted molar refractivity (Wildman–Crippen MR) is 150 cm³/mol. The van der Waals surface area contributed by atoms with Crippen molar-refractivity contribution in [2.45, 2.75) is 4.90 Å². The van der Waals surface area contributed by atoms with Crippen molar-refractivity contribution in [2.24, 2.45) is 0 Å². The van der Waals surface area contributed by atoms with Crippen LogP contribution >= 0.6 is 0 Å². The summed E-state index contributed by atoms with van der Waals surface area (Å²) in [6.45, 7) is 0. The molecular formula is C30H23O12S-. The van der Waals surface area contributed by atoms with E-state index < -0.39 is 33.5 Å². The lowest BCUT2D eigenvalue weighted by molar-refractivity contribution is 0.120. The van der Waals surface area contributed by atoms with Gasteiger partial charge in [-0.05, 0) is 70.8 Å². The van der Waals surface area contributed by atoms with Gasteiger partial charge in [0.25, 0.3) is 0 Å². The van der Waals surface area contributed by atoms with Crippen LogP contribution in [0.5, 0.6) is 17.2 Å². The number of methoxy groups -OCH3 is 3. The lowest BCUT2D eigenvalue weighted by atomic mass is 9.93. The molecule has 4 aromatic carbocycles. The number of benzene rings is 4. The van der Waals surface area contributed by atoms with E-state index in [1.165, 1.54) is 79.9 Å². The van der Waals surface area contributed by atoms with Crippen molar-refractivity contribution in [1.82, 2.24) is 0 Å². The summed E-state index contributed by atoms with van der Waals surface area (Å²) >= 11 is 0. The zero-order chi connectivity index (χ0) is 31.1. The molecule has 13 heteroatoms. The Balaban J connectivity index is 1.90. The minimum atomic E-state index is -5.08. The molecule has 0 atom stereocenters. The van der Waals surface area contributed by atoms with Gasteiger partial charge in [0.05, 0.1) is 26.2 Å². The molecule has 43 heavy (non-hydrogen) atoms. The van der Waals surface area contributed by atoms with E-state index in [1.807, 2.05) is 0 Å². The van der Waals surface area contributed by atoms with Gasteiger partial charge in [0, 0.05) is 11.1 Å². The molecule has 0 saturated carbocycles. The van der Waals surface area contributed by atoms with Gasteiger partial charge in [-0.3, -0.25) is 0 Å². The first kappa shape index (κ1) is 30.6. The third kappa shape index (κ3) is 7.47. The van der Waals surface area contributed by atoms with E-state index >= 15 is 0 Å². The maximum atomic E-state index is 12.8. The number of carbonyl (C=O) groups is 3. The molecule has 4 rings (SSSR count). The second-order valence-corrected chi connectivity index (χ2v) is 9.91. The molecule has 0 aromatic heterocycles. The molecule has 0 aliphatic rings. The van der Waals surface area contributed by atoms with E-state index in [4.69, 9.17) is 14.2 Å². The van der Waals surface area contributed by atoms with Crippen LogP contribution in [0, 0.1) is 0 Å². The molecule has 0 N–H and O–H groups in total. The van der Waals surface area contributed by atoms with Crippen molar-refractivity contribution in [2.75, 3.05) is 21.3 Å². The third-order valence-electron chi connectivity index (χ3n) is 5.96. The molecule has 0 bridgehead atoms. The summed E-state index contributed by atoms with van der Waals surface area (Å²) in [4.78, 5) is 33.9. The maximum Gasteiger partial charge on any atom is 0.513 e. The van der Waals surface area contributed by atoms with E-state index in [0.29, 0.717) is 22.3 Å². The first-order chi connectivity index (χ1) is 20.5. The molecule has 4 aromatic rings. The summed E-state index contributed by atoms with van der Waals surface area (Å²) < 4.78 is 66.8. The molecule has 0 heterocycles. The van der Waals surface area contributed by atoms with Crippen LogP contribution in [0.2, 0.25) is 0 Å². The average molecular weight is 608 g/mol. The average Bonchev–Trinajstić information content (AvgIpc) is 3.00. The quantitative estimate of drug-likeness (QED) is 0.104. The minimum Gasteiger partial charge on any atom is -0.744 e. The van der Waals surface area contributed by atoms with Gasteiger partial charge in [-0.2, -0.15) is 0 Å². The van der Waals surface area contributed by atoms with E-state index in [9.17, 15) is 27.4 Å². The number of ether oxygens (including phenoxy) is 6. The standard InChI is InChI=1S/C30H24O12S/c1-37-28(31)40-22-10-4-18(5-11-22)21-16-25(19-6-12-23(13-7-19)41-29(32)38-2)27(43(34,35)36)26(17-21)20-8-14-24(15-9-20)42-30(33)39-3/h4-17H,1-3H3,(H,34,35,36)/p-1. The molecular weight excluding hydrogens is 584 g/mol. The Morgan fingerprint density at radius 1 is 0.512 bits per heavy atom. The van der Waals surface area contributed by atoms with Crippen molar-refractivity contribution in [3.63, 3.8) is 0 Å². The van der Waals surface area contributed by atoms with Crippen molar-refractivity contribution in [3.05, 3.63) is 84.9 Å². The summed E-state index contributed by atoms with van der Waals surface area (Å²) in [5.41, 5.74) is 1.88. The zero-order valence-electron chi connectivity index (χ0n) is 22.9. The fourth-order valence-corrected chi connectivity index (χ4v) is 4.92. The molecule has 0 unspecified atom stereocenters. The molecule has 222 valence electrons. The van der Waals surface area contributed by atoms with Crippen LogP contribution in [0.15, 0.2) is 89.8 Å². The zero-order valence-corrected chi connectivity index (χ0v) is 23.7. The van der Waals surface area contributed by atoms with E-state index in [1.54, 1.807) is 12.1 Å². The van der Waals surface area contributed by atoms with Gasteiger partial charge in [-0.25, -0.2) is 22.8 Å². The Kier molecular flexibility index (Phi) is 9.28. The number of hydrogen-bond acceptors (Lipinski definition) is 12. The first-order valence-corrected chi connectivity index (χ1v) is 13.7. The Morgan fingerprint density at radius 2 is 0.814 bits per heavy atom. The molecule has 0 aliphatic heterocycles. The van der Waals surface area contributed by atoms with Crippen molar-refractivity contribution in [3.8, 4) is 50.6 Å². The van der Waals surface area contributed by atoms with Gasteiger partial charge < -0.3 is 33.0 Å². The van der Waals surface area contributed by atoms with Crippen LogP contribution in [-0.2, 0) is 24.3 Å². The number of rotatable bonds is 7. The van der Waals surface area contributed by atoms with Crippen molar-refractivity contribution >= 4 is 28.6 Å². The van der Waals surface area contributed by atoms with Crippen LogP contribution in [0.4, 0.5) is 14.4 Å². The van der Waals surface area contributed by atoms with Gasteiger partial charge in [0.2, 0.25) is 0 Å². The Labute approximate surface area is 246 Å². The first-order valence-electron chi connectivity index (χ1n) is 12.2. The molecule has 0 fully saturated rings. The van der Waals surface area contributed by atoms with Crippen LogP contribution in [0.1, 0.15) is 0 Å². The normalized spacial score (nSPS) is 10.8. The van der Waals surface area contributed by atoms with Gasteiger partial charge in [0.15, 0.2) is 0 Å². The van der Waals surface area contributed by atoms with E-state index in [-0.39, 0.29) is 28.4 Å². The third-order valence-corrected chi connectivity index (χ3v) is 6.90. The summed E-state index contributed by atoms with van der Waals surface area (Å²) in [5.74, 6) is 0.457. The fraction of sp³-hybridized carbons (Fsp3) is 0.100.